The Hall–Kier alpha value is -2.23. The van der Waals surface area contributed by atoms with Crippen LogP contribution >= 0.6 is 23.2 Å². The van der Waals surface area contributed by atoms with E-state index in [-0.39, 0.29) is 0 Å². The maximum Gasteiger partial charge on any atom is 0.0613 e. The van der Waals surface area contributed by atoms with Crippen molar-refractivity contribution < 1.29 is 0 Å². The molecule has 3 rings (SSSR count). The summed E-state index contributed by atoms with van der Waals surface area (Å²) >= 11 is 12.2. The summed E-state index contributed by atoms with van der Waals surface area (Å²) in [5, 5.41) is 5.41. The lowest BCUT2D eigenvalue weighted by molar-refractivity contribution is 0.965. The molecule has 0 bridgehead atoms. The normalized spacial score (nSPS) is 11.2. The van der Waals surface area contributed by atoms with Crippen LogP contribution in [0.1, 0.15) is 17.0 Å². The first kappa shape index (κ1) is 16.6. The number of aryl methyl sites for hydroxylation is 1. The Morgan fingerprint density at radius 3 is 2.42 bits per heavy atom. The topological polar surface area (TPSA) is 29.3 Å². The van der Waals surface area contributed by atoms with Crippen molar-refractivity contribution in [3.8, 4) is 5.69 Å². The van der Waals surface area contributed by atoms with Gasteiger partial charge in [-0.15, -0.1) is 0 Å². The fourth-order valence-corrected chi connectivity index (χ4v) is 2.92. The first-order valence-corrected chi connectivity index (χ1v) is 8.30. The molecule has 2 aromatic carbocycles. The fraction of sp³-hybridized carbons (Fsp3) is 0.105. The fourth-order valence-electron chi connectivity index (χ4n) is 2.63. The third kappa shape index (κ3) is 3.48. The Labute approximate surface area is 151 Å². The molecule has 0 saturated heterocycles. The lowest BCUT2D eigenvalue weighted by Gasteiger charge is -2.10. The number of hydrogen-bond donors (Lipinski definition) is 1. The van der Waals surface area contributed by atoms with Crippen LogP contribution in [0.5, 0.6) is 0 Å². The summed E-state index contributed by atoms with van der Waals surface area (Å²) in [5.74, 6) is 0. The number of anilines is 1. The van der Waals surface area contributed by atoms with E-state index in [0.717, 1.165) is 28.3 Å². The standard InChI is InChI=1S/C19H17Cl2N3/c1-13-10-15(12-22-23-16-6-4-3-5-7-16)14(2)24(13)17-8-9-18(20)19(21)11-17/h3-12,23H,1-2H3/b22-12-. The number of aromatic nitrogens is 1. The predicted molar refractivity (Wildman–Crippen MR) is 103 cm³/mol. The first-order valence-electron chi connectivity index (χ1n) is 7.55. The smallest absolute Gasteiger partial charge is 0.0613 e. The van der Waals surface area contributed by atoms with Crippen LogP contribution in [0, 0.1) is 13.8 Å². The van der Waals surface area contributed by atoms with Gasteiger partial charge >= 0.3 is 0 Å². The van der Waals surface area contributed by atoms with Gasteiger partial charge in [-0.3, -0.25) is 5.43 Å². The Bertz CT molecular complexity index is 883. The Balaban J connectivity index is 1.87. The van der Waals surface area contributed by atoms with Crippen molar-refractivity contribution in [2.45, 2.75) is 13.8 Å². The van der Waals surface area contributed by atoms with Crippen LogP contribution in [-0.4, -0.2) is 10.8 Å². The minimum atomic E-state index is 0.544. The quantitative estimate of drug-likeness (QED) is 0.460. The molecule has 1 N–H and O–H groups in total. The number of hydrogen-bond acceptors (Lipinski definition) is 2. The monoisotopic (exact) mass is 357 g/mol. The molecule has 0 atom stereocenters. The molecule has 0 radical (unpaired) electrons. The van der Waals surface area contributed by atoms with Gasteiger partial charge in [0.1, 0.15) is 0 Å². The van der Waals surface area contributed by atoms with Gasteiger partial charge in [-0.05, 0) is 50.2 Å². The molecule has 5 heteroatoms. The number of hydrazone groups is 1. The number of benzene rings is 2. The molecule has 0 aliphatic heterocycles. The molecular weight excluding hydrogens is 341 g/mol. The molecule has 0 unspecified atom stereocenters. The van der Waals surface area contributed by atoms with Crippen LogP contribution in [0.3, 0.4) is 0 Å². The lowest BCUT2D eigenvalue weighted by atomic mass is 10.2. The summed E-state index contributed by atoms with van der Waals surface area (Å²) in [6.07, 6.45) is 1.82. The molecule has 24 heavy (non-hydrogen) atoms. The zero-order chi connectivity index (χ0) is 17.1. The van der Waals surface area contributed by atoms with Crippen molar-refractivity contribution in [1.29, 1.82) is 0 Å². The van der Waals surface area contributed by atoms with Gasteiger partial charge in [0.15, 0.2) is 0 Å². The largest absolute Gasteiger partial charge is 0.318 e. The summed E-state index contributed by atoms with van der Waals surface area (Å²) in [6.45, 7) is 4.11. The SMILES string of the molecule is Cc1cc(/C=N\Nc2ccccc2)c(C)n1-c1ccc(Cl)c(Cl)c1. The molecule has 0 aliphatic rings. The first-order chi connectivity index (χ1) is 11.6. The van der Waals surface area contributed by atoms with Crippen LogP contribution in [0.15, 0.2) is 59.7 Å². The summed E-state index contributed by atoms with van der Waals surface area (Å²) in [4.78, 5) is 0. The highest BCUT2D eigenvalue weighted by Gasteiger charge is 2.10. The van der Waals surface area contributed by atoms with Crippen LogP contribution in [-0.2, 0) is 0 Å². The second kappa shape index (κ2) is 7.12. The van der Waals surface area contributed by atoms with Crippen molar-refractivity contribution >= 4 is 35.1 Å². The van der Waals surface area contributed by atoms with E-state index < -0.39 is 0 Å². The van der Waals surface area contributed by atoms with Crippen molar-refractivity contribution in [2.75, 3.05) is 5.43 Å². The number of halogens is 2. The molecule has 1 heterocycles. The molecule has 0 amide bonds. The van der Waals surface area contributed by atoms with Crippen molar-refractivity contribution in [3.05, 3.63) is 81.6 Å². The summed E-state index contributed by atoms with van der Waals surface area (Å²) < 4.78 is 2.13. The Morgan fingerprint density at radius 2 is 1.71 bits per heavy atom. The van der Waals surface area contributed by atoms with E-state index in [9.17, 15) is 0 Å². The van der Waals surface area contributed by atoms with Crippen LogP contribution in [0.25, 0.3) is 5.69 Å². The Morgan fingerprint density at radius 1 is 0.958 bits per heavy atom. The van der Waals surface area contributed by atoms with Crippen LogP contribution < -0.4 is 5.43 Å². The van der Waals surface area contributed by atoms with Crippen LogP contribution in [0.4, 0.5) is 5.69 Å². The van der Waals surface area contributed by atoms with Gasteiger partial charge in [-0.25, -0.2) is 0 Å². The molecule has 1 aromatic heterocycles. The van der Waals surface area contributed by atoms with Gasteiger partial charge in [0.25, 0.3) is 0 Å². The molecule has 0 spiro atoms. The van der Waals surface area contributed by atoms with Crippen LogP contribution in [0.2, 0.25) is 10.0 Å². The molecule has 3 nitrogen and oxygen atoms in total. The maximum absolute atomic E-state index is 6.15. The third-order valence-corrected chi connectivity index (χ3v) is 4.54. The van der Waals surface area contributed by atoms with Gasteiger partial charge < -0.3 is 4.57 Å². The van der Waals surface area contributed by atoms with E-state index in [0.29, 0.717) is 10.0 Å². The van der Waals surface area contributed by atoms with E-state index >= 15 is 0 Å². The van der Waals surface area contributed by atoms with E-state index in [1.165, 1.54) is 0 Å². The predicted octanol–water partition coefficient (Wildman–Crippen LogP) is 5.85. The molecule has 0 saturated carbocycles. The summed E-state index contributed by atoms with van der Waals surface area (Å²) in [7, 11) is 0. The van der Waals surface area contributed by atoms with Gasteiger partial charge in [0.2, 0.25) is 0 Å². The minimum absolute atomic E-state index is 0.544. The van der Waals surface area contributed by atoms with E-state index in [1.807, 2.05) is 54.7 Å². The number of rotatable bonds is 4. The Kier molecular flexibility index (Phi) is 4.93. The third-order valence-electron chi connectivity index (χ3n) is 3.80. The zero-order valence-corrected chi connectivity index (χ0v) is 14.9. The zero-order valence-electron chi connectivity index (χ0n) is 13.4. The minimum Gasteiger partial charge on any atom is -0.318 e. The van der Waals surface area contributed by atoms with Gasteiger partial charge in [-0.1, -0.05) is 41.4 Å². The van der Waals surface area contributed by atoms with E-state index in [1.54, 1.807) is 0 Å². The molecule has 122 valence electrons. The van der Waals surface area contributed by atoms with Crippen molar-refractivity contribution in [1.82, 2.24) is 4.57 Å². The van der Waals surface area contributed by atoms with Crippen molar-refractivity contribution in [3.63, 3.8) is 0 Å². The van der Waals surface area contributed by atoms with E-state index in [4.69, 9.17) is 23.2 Å². The second-order valence-corrected chi connectivity index (χ2v) is 6.31. The van der Waals surface area contributed by atoms with Gasteiger partial charge in [0, 0.05) is 22.6 Å². The molecule has 0 fully saturated rings. The van der Waals surface area contributed by atoms with Gasteiger partial charge in [0.05, 0.1) is 21.9 Å². The second-order valence-electron chi connectivity index (χ2n) is 5.50. The summed E-state index contributed by atoms with van der Waals surface area (Å²) in [6, 6.07) is 17.6. The average Bonchev–Trinajstić information content (AvgIpc) is 2.85. The number of nitrogens with one attached hydrogen (secondary N) is 1. The summed E-state index contributed by atoms with van der Waals surface area (Å²) in [5.41, 5.74) is 8.19. The maximum atomic E-state index is 6.15. The number of nitrogens with zero attached hydrogens (tertiary/aromatic N) is 2. The highest BCUT2D eigenvalue weighted by atomic mass is 35.5. The number of para-hydroxylation sites is 1. The highest BCUT2D eigenvalue weighted by molar-refractivity contribution is 6.42. The lowest BCUT2D eigenvalue weighted by Crippen LogP contribution is -2.00. The highest BCUT2D eigenvalue weighted by Crippen LogP contribution is 2.27. The molecular formula is C19H17Cl2N3. The van der Waals surface area contributed by atoms with Crippen molar-refractivity contribution in [2.24, 2.45) is 5.10 Å². The van der Waals surface area contributed by atoms with E-state index in [2.05, 4.69) is 35.0 Å². The van der Waals surface area contributed by atoms with Gasteiger partial charge in [-0.2, -0.15) is 5.10 Å². The molecule has 0 aliphatic carbocycles. The molecule has 3 aromatic rings. The average molecular weight is 358 g/mol.